The van der Waals surface area contributed by atoms with E-state index in [0.29, 0.717) is 13.1 Å². The summed E-state index contributed by atoms with van der Waals surface area (Å²) in [5, 5.41) is 11.3. The van der Waals surface area contributed by atoms with Crippen molar-refractivity contribution in [3.63, 3.8) is 0 Å². The quantitative estimate of drug-likeness (QED) is 0.522. The highest BCUT2D eigenvalue weighted by molar-refractivity contribution is 5.94. The van der Waals surface area contributed by atoms with Crippen molar-refractivity contribution in [2.45, 2.75) is 25.4 Å². The van der Waals surface area contributed by atoms with Crippen LogP contribution in [0, 0.1) is 0 Å². The molecule has 1 rings (SSSR count). The van der Waals surface area contributed by atoms with Gasteiger partial charge in [0, 0.05) is 25.7 Å². The van der Waals surface area contributed by atoms with Crippen molar-refractivity contribution in [1.82, 2.24) is 14.9 Å². The van der Waals surface area contributed by atoms with Gasteiger partial charge in [-0.15, -0.1) is 0 Å². The van der Waals surface area contributed by atoms with Crippen LogP contribution >= 0.6 is 0 Å². The standard InChI is InChI=1S/C12H18N4O5/c1-21-10(17)3-2-8(12(19)20)15-11(18)9-6-16(5-4-13)7-14-9/h6-8H,2-5,13H2,1H3,(H,15,18)(H,19,20)/t8-/m1/s1. The van der Waals surface area contributed by atoms with Crippen molar-refractivity contribution in [3.05, 3.63) is 18.2 Å². The minimum absolute atomic E-state index is 0.0583. The number of ether oxygens (including phenoxy) is 1. The van der Waals surface area contributed by atoms with E-state index in [2.05, 4.69) is 15.0 Å². The molecule has 0 unspecified atom stereocenters. The molecule has 1 amide bonds. The first-order valence-electron chi connectivity index (χ1n) is 6.30. The number of hydrogen-bond donors (Lipinski definition) is 3. The molecule has 9 heteroatoms. The molecule has 0 aliphatic rings. The zero-order valence-electron chi connectivity index (χ0n) is 11.6. The molecule has 0 bridgehead atoms. The van der Waals surface area contributed by atoms with Crippen molar-refractivity contribution in [3.8, 4) is 0 Å². The minimum atomic E-state index is -1.23. The van der Waals surface area contributed by atoms with Gasteiger partial charge in [0.2, 0.25) is 0 Å². The lowest BCUT2D eigenvalue weighted by Crippen LogP contribution is -2.41. The summed E-state index contributed by atoms with van der Waals surface area (Å²) in [6.07, 6.45) is 2.75. The lowest BCUT2D eigenvalue weighted by atomic mass is 10.1. The number of aliphatic carboxylic acids is 1. The maximum atomic E-state index is 11.9. The van der Waals surface area contributed by atoms with Gasteiger partial charge in [0.15, 0.2) is 0 Å². The Hall–Kier alpha value is -2.42. The van der Waals surface area contributed by atoms with E-state index in [1.807, 2.05) is 0 Å². The number of hydrogen-bond acceptors (Lipinski definition) is 6. The number of methoxy groups -OCH3 is 1. The smallest absolute Gasteiger partial charge is 0.326 e. The molecular formula is C12H18N4O5. The lowest BCUT2D eigenvalue weighted by Gasteiger charge is -2.12. The van der Waals surface area contributed by atoms with Gasteiger partial charge < -0.3 is 25.5 Å². The van der Waals surface area contributed by atoms with Crippen molar-refractivity contribution in [2.75, 3.05) is 13.7 Å². The van der Waals surface area contributed by atoms with E-state index in [1.54, 1.807) is 4.57 Å². The first-order valence-corrected chi connectivity index (χ1v) is 6.30. The number of esters is 1. The fourth-order valence-corrected chi connectivity index (χ4v) is 1.60. The molecule has 0 saturated heterocycles. The van der Waals surface area contributed by atoms with E-state index in [0.717, 1.165) is 0 Å². The highest BCUT2D eigenvalue weighted by Crippen LogP contribution is 2.02. The Labute approximate surface area is 121 Å². The van der Waals surface area contributed by atoms with Crippen LogP contribution in [0.15, 0.2) is 12.5 Å². The Morgan fingerprint density at radius 3 is 2.81 bits per heavy atom. The summed E-state index contributed by atoms with van der Waals surface area (Å²) < 4.78 is 6.05. The van der Waals surface area contributed by atoms with Crippen LogP contribution in [0.4, 0.5) is 0 Å². The highest BCUT2D eigenvalue weighted by Gasteiger charge is 2.22. The molecule has 0 aliphatic heterocycles. The Bertz CT molecular complexity index is 514. The summed E-state index contributed by atoms with van der Waals surface area (Å²) in [6, 6.07) is -1.18. The van der Waals surface area contributed by atoms with Crippen molar-refractivity contribution in [2.24, 2.45) is 5.73 Å². The molecule has 116 valence electrons. The normalized spacial score (nSPS) is 11.7. The number of nitrogens with zero attached hydrogens (tertiary/aromatic N) is 2. The van der Waals surface area contributed by atoms with Crippen LogP contribution in [0.3, 0.4) is 0 Å². The summed E-state index contributed by atoms with van der Waals surface area (Å²) in [6.45, 7) is 0.902. The number of imidazole rings is 1. The maximum absolute atomic E-state index is 11.9. The van der Waals surface area contributed by atoms with E-state index in [1.165, 1.54) is 19.6 Å². The zero-order chi connectivity index (χ0) is 15.8. The first kappa shape index (κ1) is 16.6. The number of carbonyl (C=O) groups is 3. The highest BCUT2D eigenvalue weighted by atomic mass is 16.5. The first-order chi connectivity index (χ1) is 9.97. The predicted molar refractivity (Wildman–Crippen MR) is 71.4 cm³/mol. The third-order valence-corrected chi connectivity index (χ3v) is 2.72. The van der Waals surface area contributed by atoms with Crippen LogP contribution in [0.2, 0.25) is 0 Å². The second-order valence-electron chi connectivity index (χ2n) is 4.26. The van der Waals surface area contributed by atoms with Crippen LogP contribution in [-0.4, -0.2) is 52.2 Å². The van der Waals surface area contributed by atoms with Gasteiger partial charge in [0.25, 0.3) is 5.91 Å². The van der Waals surface area contributed by atoms with Gasteiger partial charge in [0.1, 0.15) is 11.7 Å². The van der Waals surface area contributed by atoms with Gasteiger partial charge in [0.05, 0.1) is 13.4 Å². The van der Waals surface area contributed by atoms with Crippen molar-refractivity contribution < 1.29 is 24.2 Å². The van der Waals surface area contributed by atoms with E-state index in [9.17, 15) is 14.4 Å². The summed E-state index contributed by atoms with van der Waals surface area (Å²) >= 11 is 0. The molecule has 1 heterocycles. The van der Waals surface area contributed by atoms with Crippen molar-refractivity contribution in [1.29, 1.82) is 0 Å². The largest absolute Gasteiger partial charge is 0.480 e. The minimum Gasteiger partial charge on any atom is -0.480 e. The molecule has 0 fully saturated rings. The summed E-state index contributed by atoms with van der Waals surface area (Å²) in [5.41, 5.74) is 5.47. The maximum Gasteiger partial charge on any atom is 0.326 e. The van der Waals surface area contributed by atoms with Gasteiger partial charge in [-0.1, -0.05) is 0 Å². The van der Waals surface area contributed by atoms with E-state index in [4.69, 9.17) is 10.8 Å². The third-order valence-electron chi connectivity index (χ3n) is 2.72. The van der Waals surface area contributed by atoms with Crippen molar-refractivity contribution >= 4 is 17.8 Å². The van der Waals surface area contributed by atoms with E-state index >= 15 is 0 Å². The molecule has 0 spiro atoms. The topological polar surface area (TPSA) is 137 Å². The molecule has 0 saturated carbocycles. The second-order valence-corrected chi connectivity index (χ2v) is 4.26. The number of amides is 1. The van der Waals surface area contributed by atoms with Crippen LogP contribution in [0.5, 0.6) is 0 Å². The number of aromatic nitrogens is 2. The summed E-state index contributed by atoms with van der Waals surface area (Å²) in [5.74, 6) is -2.39. The van der Waals surface area contributed by atoms with E-state index < -0.39 is 23.9 Å². The van der Waals surface area contributed by atoms with Gasteiger partial charge >= 0.3 is 11.9 Å². The third kappa shape index (κ3) is 5.22. The van der Waals surface area contributed by atoms with Gasteiger partial charge in [-0.05, 0) is 6.42 Å². The average molecular weight is 298 g/mol. The molecule has 1 aromatic heterocycles. The Balaban J connectivity index is 2.62. The number of nitrogens with one attached hydrogen (secondary N) is 1. The SMILES string of the molecule is COC(=O)CC[C@@H](NC(=O)c1cn(CCN)cn1)C(=O)O. The number of rotatable bonds is 8. The van der Waals surface area contributed by atoms with Crippen LogP contribution < -0.4 is 11.1 Å². The Kier molecular flexibility index (Phi) is 6.34. The van der Waals surface area contributed by atoms with Crippen LogP contribution in [0.1, 0.15) is 23.3 Å². The summed E-state index contributed by atoms with van der Waals surface area (Å²) in [4.78, 5) is 37.8. The number of carboxylic acid groups (broad SMARTS) is 1. The Morgan fingerprint density at radius 2 is 2.24 bits per heavy atom. The fraction of sp³-hybridized carbons (Fsp3) is 0.500. The lowest BCUT2D eigenvalue weighted by molar-refractivity contribution is -0.142. The van der Waals surface area contributed by atoms with Crippen LogP contribution in [-0.2, 0) is 20.9 Å². The molecule has 21 heavy (non-hydrogen) atoms. The summed E-state index contributed by atoms with van der Waals surface area (Å²) in [7, 11) is 1.21. The molecule has 4 N–H and O–H groups in total. The monoisotopic (exact) mass is 298 g/mol. The number of carbonyl (C=O) groups excluding carboxylic acids is 2. The zero-order valence-corrected chi connectivity index (χ0v) is 11.6. The van der Waals surface area contributed by atoms with Gasteiger partial charge in [-0.2, -0.15) is 0 Å². The molecule has 0 radical (unpaired) electrons. The molecular weight excluding hydrogens is 280 g/mol. The average Bonchev–Trinajstić information content (AvgIpc) is 2.91. The number of carboxylic acids is 1. The second kappa shape index (κ2) is 8.00. The van der Waals surface area contributed by atoms with Gasteiger partial charge in [-0.3, -0.25) is 9.59 Å². The molecule has 0 aliphatic carbocycles. The van der Waals surface area contributed by atoms with Crippen LogP contribution in [0.25, 0.3) is 0 Å². The Morgan fingerprint density at radius 1 is 1.52 bits per heavy atom. The fourth-order valence-electron chi connectivity index (χ4n) is 1.60. The predicted octanol–water partition coefficient (Wildman–Crippen LogP) is -1.02. The molecule has 1 aromatic rings. The molecule has 9 nitrogen and oxygen atoms in total. The number of nitrogens with two attached hydrogens (primary N) is 1. The molecule has 1 atom stereocenters. The van der Waals surface area contributed by atoms with Gasteiger partial charge in [-0.25, -0.2) is 9.78 Å². The molecule has 0 aromatic carbocycles. The van der Waals surface area contributed by atoms with E-state index in [-0.39, 0.29) is 18.5 Å².